The van der Waals surface area contributed by atoms with Gasteiger partial charge in [-0.2, -0.15) is 0 Å². The first-order valence-corrected chi connectivity index (χ1v) is 7.36. The number of hydrogen-bond donors (Lipinski definition) is 2. The second kappa shape index (κ2) is 8.67. The highest BCUT2D eigenvalue weighted by Crippen LogP contribution is 2.14. The van der Waals surface area contributed by atoms with Crippen molar-refractivity contribution in [3.63, 3.8) is 0 Å². The topological polar surface area (TPSA) is 36.5 Å². The van der Waals surface area contributed by atoms with E-state index in [0.29, 0.717) is 12.1 Å². The molecule has 1 rings (SSSR count). The van der Waals surface area contributed by atoms with Crippen molar-refractivity contribution < 1.29 is 4.74 Å². The van der Waals surface area contributed by atoms with Crippen LogP contribution in [0, 0.1) is 0 Å². The van der Waals surface area contributed by atoms with Gasteiger partial charge in [0.05, 0.1) is 0 Å². The molecule has 2 atom stereocenters. The molecule has 0 aromatic heterocycles. The van der Waals surface area contributed by atoms with Crippen LogP contribution in [0.2, 0.25) is 0 Å². The van der Waals surface area contributed by atoms with Gasteiger partial charge in [-0.25, -0.2) is 0 Å². The summed E-state index contributed by atoms with van der Waals surface area (Å²) in [5, 5.41) is 7.44. The Bertz CT molecular complexity index is 250. The number of nitrogens with one attached hydrogen (secondary N) is 2. The molecule has 2 N–H and O–H groups in total. The molecule has 1 saturated heterocycles. The fraction of sp³-hybridized carbons (Fsp3) is 0.923. The molecule has 0 spiro atoms. The number of hydrogen-bond acceptors (Lipinski definition) is 3. The minimum absolute atomic E-state index is 0.517. The second-order valence-corrected chi connectivity index (χ2v) is 5.41. The molecule has 1 fully saturated rings. The normalized spacial score (nSPS) is 24.8. The van der Waals surface area contributed by atoms with E-state index in [-0.39, 0.29) is 0 Å². The summed E-state index contributed by atoms with van der Waals surface area (Å²) in [6, 6.07) is 1.15. The zero-order chi connectivity index (χ0) is 13.4. The van der Waals surface area contributed by atoms with Crippen LogP contribution in [0.4, 0.5) is 0 Å². The number of thiocarbonyl (C=S) groups is 1. The van der Waals surface area contributed by atoms with E-state index in [0.717, 1.165) is 44.3 Å². The fourth-order valence-corrected chi connectivity index (χ4v) is 2.45. The quantitative estimate of drug-likeness (QED) is 0.564. The molecule has 0 saturated carbocycles. The number of likely N-dealkylation sites (tertiary alicyclic amines) is 1. The molecular formula is C13H27N3OS. The maximum atomic E-state index is 5.30. The van der Waals surface area contributed by atoms with Gasteiger partial charge in [-0.1, -0.05) is 0 Å². The van der Waals surface area contributed by atoms with Crippen molar-refractivity contribution >= 4 is 17.3 Å². The van der Waals surface area contributed by atoms with Gasteiger partial charge in [0.25, 0.3) is 0 Å². The van der Waals surface area contributed by atoms with Crippen molar-refractivity contribution in [2.75, 3.05) is 33.4 Å². The summed E-state index contributed by atoms with van der Waals surface area (Å²) in [7, 11) is 2.19. The van der Waals surface area contributed by atoms with Gasteiger partial charge in [0, 0.05) is 38.4 Å². The van der Waals surface area contributed by atoms with Crippen LogP contribution in [0.25, 0.3) is 0 Å². The first-order valence-electron chi connectivity index (χ1n) is 6.95. The molecule has 0 radical (unpaired) electrons. The van der Waals surface area contributed by atoms with E-state index in [1.165, 1.54) is 6.42 Å². The van der Waals surface area contributed by atoms with Crippen molar-refractivity contribution in [2.24, 2.45) is 0 Å². The summed E-state index contributed by atoms with van der Waals surface area (Å²) >= 11 is 5.30. The Morgan fingerprint density at radius 3 is 2.94 bits per heavy atom. The highest BCUT2D eigenvalue weighted by Gasteiger charge is 2.22. The van der Waals surface area contributed by atoms with Crippen LogP contribution >= 0.6 is 12.2 Å². The minimum atomic E-state index is 0.517. The van der Waals surface area contributed by atoms with Crippen molar-refractivity contribution in [1.82, 2.24) is 15.5 Å². The van der Waals surface area contributed by atoms with E-state index >= 15 is 0 Å². The molecule has 5 heteroatoms. The smallest absolute Gasteiger partial charge is 0.166 e. The van der Waals surface area contributed by atoms with Gasteiger partial charge in [0.2, 0.25) is 0 Å². The van der Waals surface area contributed by atoms with E-state index in [9.17, 15) is 0 Å². The number of rotatable bonds is 6. The van der Waals surface area contributed by atoms with Crippen LogP contribution in [0.5, 0.6) is 0 Å². The summed E-state index contributed by atoms with van der Waals surface area (Å²) in [4.78, 5) is 2.40. The molecule has 0 bridgehead atoms. The van der Waals surface area contributed by atoms with E-state index < -0.39 is 0 Å². The van der Waals surface area contributed by atoms with E-state index in [1.807, 2.05) is 6.92 Å². The summed E-state index contributed by atoms with van der Waals surface area (Å²) in [5.41, 5.74) is 0. The van der Waals surface area contributed by atoms with Gasteiger partial charge in [-0.15, -0.1) is 0 Å². The molecule has 106 valence electrons. The molecule has 1 aliphatic rings. The molecule has 0 aromatic carbocycles. The largest absolute Gasteiger partial charge is 0.382 e. The van der Waals surface area contributed by atoms with Crippen LogP contribution in [-0.4, -0.2) is 55.4 Å². The maximum absolute atomic E-state index is 5.30. The van der Waals surface area contributed by atoms with Crippen molar-refractivity contribution in [3.05, 3.63) is 0 Å². The SMILES string of the molecule is CCOCCCNC(=S)NC1CCN(C)C(C)C1. The Morgan fingerprint density at radius 1 is 1.50 bits per heavy atom. The van der Waals surface area contributed by atoms with E-state index in [1.54, 1.807) is 0 Å². The Kier molecular flexibility index (Phi) is 7.54. The Labute approximate surface area is 116 Å². The maximum Gasteiger partial charge on any atom is 0.166 e. The monoisotopic (exact) mass is 273 g/mol. The van der Waals surface area contributed by atoms with Crippen molar-refractivity contribution in [1.29, 1.82) is 0 Å². The predicted molar refractivity (Wildman–Crippen MR) is 80.0 cm³/mol. The summed E-state index contributed by atoms with van der Waals surface area (Å²) in [6.07, 6.45) is 3.33. The van der Waals surface area contributed by atoms with E-state index in [4.69, 9.17) is 17.0 Å². The number of nitrogens with zero attached hydrogens (tertiary/aromatic N) is 1. The predicted octanol–water partition coefficient (Wildman–Crippen LogP) is 1.36. The van der Waals surface area contributed by atoms with Gasteiger partial charge in [0.1, 0.15) is 0 Å². The molecule has 4 nitrogen and oxygen atoms in total. The Balaban J connectivity index is 2.09. The average Bonchev–Trinajstić information content (AvgIpc) is 2.34. The third-order valence-corrected chi connectivity index (χ3v) is 3.76. The molecule has 0 aromatic rings. The van der Waals surface area contributed by atoms with Crippen LogP contribution < -0.4 is 10.6 Å². The molecule has 0 aliphatic carbocycles. The highest BCUT2D eigenvalue weighted by atomic mass is 32.1. The zero-order valence-corrected chi connectivity index (χ0v) is 12.7. The van der Waals surface area contributed by atoms with Gasteiger partial charge < -0.3 is 20.3 Å². The Hall–Kier alpha value is -0.390. The lowest BCUT2D eigenvalue weighted by atomic mass is 9.99. The first kappa shape index (κ1) is 15.7. The minimum Gasteiger partial charge on any atom is -0.382 e. The molecule has 1 aliphatic heterocycles. The van der Waals surface area contributed by atoms with Crippen LogP contribution in [0.1, 0.15) is 33.1 Å². The fourth-order valence-electron chi connectivity index (χ4n) is 2.18. The van der Waals surface area contributed by atoms with Gasteiger partial charge in [-0.3, -0.25) is 0 Å². The zero-order valence-electron chi connectivity index (χ0n) is 11.9. The lowest BCUT2D eigenvalue weighted by Crippen LogP contribution is -2.49. The summed E-state index contributed by atoms with van der Waals surface area (Å²) < 4.78 is 5.28. The van der Waals surface area contributed by atoms with Gasteiger partial charge >= 0.3 is 0 Å². The third-order valence-electron chi connectivity index (χ3n) is 3.50. The molecule has 1 heterocycles. The number of piperidine rings is 1. The molecule has 0 amide bonds. The summed E-state index contributed by atoms with van der Waals surface area (Å²) in [5.74, 6) is 0. The van der Waals surface area contributed by atoms with Crippen LogP contribution in [0.3, 0.4) is 0 Å². The molecule has 18 heavy (non-hydrogen) atoms. The highest BCUT2D eigenvalue weighted by molar-refractivity contribution is 7.80. The van der Waals surface area contributed by atoms with Crippen LogP contribution in [-0.2, 0) is 4.74 Å². The lowest BCUT2D eigenvalue weighted by Gasteiger charge is -2.35. The first-order chi connectivity index (χ1) is 8.63. The average molecular weight is 273 g/mol. The van der Waals surface area contributed by atoms with Gasteiger partial charge in [-0.05, 0) is 52.4 Å². The second-order valence-electron chi connectivity index (χ2n) is 5.00. The summed E-state index contributed by atoms with van der Waals surface area (Å²) in [6.45, 7) is 7.90. The number of ether oxygens (including phenoxy) is 1. The Morgan fingerprint density at radius 2 is 2.28 bits per heavy atom. The van der Waals surface area contributed by atoms with Crippen LogP contribution in [0.15, 0.2) is 0 Å². The van der Waals surface area contributed by atoms with Crippen molar-refractivity contribution in [3.8, 4) is 0 Å². The van der Waals surface area contributed by atoms with Crippen molar-refractivity contribution in [2.45, 2.75) is 45.2 Å². The van der Waals surface area contributed by atoms with E-state index in [2.05, 4.69) is 29.5 Å². The van der Waals surface area contributed by atoms with Gasteiger partial charge in [0.15, 0.2) is 5.11 Å². The third kappa shape index (κ3) is 5.98. The molecular weight excluding hydrogens is 246 g/mol. The standard InChI is InChI=1S/C13H27N3OS/c1-4-17-9-5-7-14-13(18)15-12-6-8-16(3)11(2)10-12/h11-12H,4-10H2,1-3H3,(H2,14,15,18). The molecule has 2 unspecified atom stereocenters. The lowest BCUT2D eigenvalue weighted by molar-refractivity contribution is 0.145.